The van der Waals surface area contributed by atoms with Crippen molar-refractivity contribution >= 4 is 11.8 Å². The number of ether oxygens (including phenoxy) is 1. The van der Waals surface area contributed by atoms with Gasteiger partial charge in [-0.1, -0.05) is 19.4 Å². The van der Waals surface area contributed by atoms with Gasteiger partial charge >= 0.3 is 0 Å². The Kier molecular flexibility index (Phi) is 9.06. The molecule has 2 N–H and O–H groups in total. The van der Waals surface area contributed by atoms with E-state index in [1.807, 2.05) is 12.1 Å². The van der Waals surface area contributed by atoms with E-state index >= 15 is 0 Å². The topological polar surface area (TPSA) is 83.6 Å². The number of piperidine rings is 1. The van der Waals surface area contributed by atoms with Crippen molar-refractivity contribution in [2.45, 2.75) is 45.2 Å². The normalized spacial score (nSPS) is 17.7. The maximum absolute atomic E-state index is 11.8. The van der Waals surface area contributed by atoms with Crippen LogP contribution in [0.5, 0.6) is 0 Å². The predicted molar refractivity (Wildman–Crippen MR) is 99.4 cm³/mol. The molecule has 7 heteroatoms. The molecular formula is C19H30N4O3. The number of carbonyl (C=O) groups excluding carboxylic acids is 2. The first-order chi connectivity index (χ1) is 12.7. The summed E-state index contributed by atoms with van der Waals surface area (Å²) < 4.78 is 5.18. The summed E-state index contributed by atoms with van der Waals surface area (Å²) in [7, 11) is 0. The van der Waals surface area contributed by atoms with Crippen molar-refractivity contribution in [2.24, 2.45) is 0 Å². The highest BCUT2D eigenvalue weighted by molar-refractivity contribution is 5.79. The molecule has 144 valence electrons. The molecule has 0 saturated carbocycles. The quantitative estimate of drug-likeness (QED) is 0.651. The van der Waals surface area contributed by atoms with Gasteiger partial charge in [-0.25, -0.2) is 0 Å². The molecule has 0 aromatic carbocycles. The Morgan fingerprint density at radius 1 is 1.27 bits per heavy atom. The first-order valence-corrected chi connectivity index (χ1v) is 9.43. The lowest BCUT2D eigenvalue weighted by Crippen LogP contribution is -2.44. The number of pyridine rings is 1. The molecule has 1 aromatic heterocycles. The molecule has 0 aliphatic carbocycles. The van der Waals surface area contributed by atoms with Crippen molar-refractivity contribution in [2.75, 3.05) is 32.8 Å². The van der Waals surface area contributed by atoms with Crippen LogP contribution in [0.3, 0.4) is 0 Å². The Hall–Kier alpha value is -1.99. The summed E-state index contributed by atoms with van der Waals surface area (Å²) in [5.74, 6) is -0.434. The van der Waals surface area contributed by atoms with E-state index in [-0.39, 0.29) is 25.0 Å². The Balaban J connectivity index is 1.52. The van der Waals surface area contributed by atoms with Crippen LogP contribution in [0.25, 0.3) is 0 Å². The third kappa shape index (κ3) is 7.49. The Morgan fingerprint density at radius 3 is 2.81 bits per heavy atom. The standard InChI is InChI=1S/C19H30N4O3/c1-2-17-7-3-4-10-23(17)11-9-21-18(24)14-26-15-19(25)22-13-16-6-5-8-20-12-16/h5-6,8,12,17H,2-4,7,9-11,13-15H2,1H3,(H,21,24)(H,22,25). The first-order valence-electron chi connectivity index (χ1n) is 9.43. The zero-order valence-corrected chi connectivity index (χ0v) is 15.6. The maximum Gasteiger partial charge on any atom is 0.246 e. The van der Waals surface area contributed by atoms with Gasteiger partial charge in [-0.2, -0.15) is 0 Å². The minimum atomic E-state index is -0.249. The molecule has 1 atom stereocenters. The van der Waals surface area contributed by atoms with Crippen LogP contribution in [0, 0.1) is 0 Å². The molecule has 1 fully saturated rings. The van der Waals surface area contributed by atoms with Crippen LogP contribution in [0.15, 0.2) is 24.5 Å². The summed E-state index contributed by atoms with van der Waals surface area (Å²) in [5, 5.41) is 5.59. The highest BCUT2D eigenvalue weighted by Gasteiger charge is 2.20. The first kappa shape index (κ1) is 20.3. The Labute approximate surface area is 155 Å². The average Bonchev–Trinajstić information content (AvgIpc) is 2.67. The van der Waals surface area contributed by atoms with Crippen molar-refractivity contribution < 1.29 is 14.3 Å². The lowest BCUT2D eigenvalue weighted by Gasteiger charge is -2.35. The molecule has 2 heterocycles. The van der Waals surface area contributed by atoms with Crippen molar-refractivity contribution in [3.05, 3.63) is 30.1 Å². The molecule has 26 heavy (non-hydrogen) atoms. The van der Waals surface area contributed by atoms with E-state index < -0.39 is 0 Å². The van der Waals surface area contributed by atoms with E-state index in [0.717, 1.165) is 25.1 Å². The number of nitrogens with zero attached hydrogens (tertiary/aromatic N) is 2. The molecule has 2 rings (SSSR count). The minimum Gasteiger partial charge on any atom is -0.362 e. The molecule has 7 nitrogen and oxygen atoms in total. The minimum absolute atomic E-state index is 0.0997. The van der Waals surface area contributed by atoms with Gasteiger partial charge < -0.3 is 15.4 Å². The smallest absolute Gasteiger partial charge is 0.246 e. The van der Waals surface area contributed by atoms with Gasteiger partial charge in [0, 0.05) is 38.1 Å². The molecular weight excluding hydrogens is 332 g/mol. The van der Waals surface area contributed by atoms with Crippen LogP contribution in [0.4, 0.5) is 0 Å². The number of hydrogen-bond acceptors (Lipinski definition) is 5. The van der Waals surface area contributed by atoms with E-state index in [1.165, 1.54) is 19.3 Å². The summed E-state index contributed by atoms with van der Waals surface area (Å²) in [6.07, 6.45) is 8.33. The Bertz CT molecular complexity index is 553. The van der Waals surface area contributed by atoms with Crippen LogP contribution in [0.1, 0.15) is 38.2 Å². The summed E-state index contributed by atoms with van der Waals surface area (Å²) in [6.45, 7) is 4.99. The molecule has 1 aliphatic rings. The zero-order valence-electron chi connectivity index (χ0n) is 15.6. The maximum atomic E-state index is 11.8. The van der Waals surface area contributed by atoms with Gasteiger partial charge in [0.2, 0.25) is 11.8 Å². The second-order valence-corrected chi connectivity index (χ2v) is 6.57. The van der Waals surface area contributed by atoms with E-state index in [2.05, 4.69) is 27.4 Å². The highest BCUT2D eigenvalue weighted by Crippen LogP contribution is 2.18. The van der Waals surface area contributed by atoms with Gasteiger partial charge in [0.05, 0.1) is 0 Å². The van der Waals surface area contributed by atoms with E-state index in [0.29, 0.717) is 19.1 Å². The van der Waals surface area contributed by atoms with Crippen LogP contribution in [0.2, 0.25) is 0 Å². The fraction of sp³-hybridized carbons (Fsp3) is 0.632. The number of rotatable bonds is 10. The number of carbonyl (C=O) groups is 2. The van der Waals surface area contributed by atoms with Gasteiger partial charge in [-0.3, -0.25) is 19.5 Å². The van der Waals surface area contributed by atoms with Crippen molar-refractivity contribution in [1.29, 1.82) is 0 Å². The predicted octanol–water partition coefficient (Wildman–Crippen LogP) is 1.10. The molecule has 1 saturated heterocycles. The number of likely N-dealkylation sites (tertiary alicyclic amines) is 1. The summed E-state index contributed by atoms with van der Waals surface area (Å²) in [6, 6.07) is 4.34. The van der Waals surface area contributed by atoms with Crippen molar-refractivity contribution in [3.63, 3.8) is 0 Å². The number of amides is 2. The van der Waals surface area contributed by atoms with E-state index in [1.54, 1.807) is 12.4 Å². The van der Waals surface area contributed by atoms with Gasteiger partial charge in [-0.15, -0.1) is 0 Å². The highest BCUT2D eigenvalue weighted by atomic mass is 16.5. The Morgan fingerprint density at radius 2 is 2.08 bits per heavy atom. The third-order valence-corrected chi connectivity index (χ3v) is 4.62. The number of aromatic nitrogens is 1. The molecule has 0 bridgehead atoms. The third-order valence-electron chi connectivity index (χ3n) is 4.62. The van der Waals surface area contributed by atoms with Gasteiger partial charge in [0.25, 0.3) is 0 Å². The molecule has 0 spiro atoms. The SMILES string of the molecule is CCC1CCCCN1CCNC(=O)COCC(=O)NCc1cccnc1. The molecule has 2 amide bonds. The molecule has 1 unspecified atom stereocenters. The largest absolute Gasteiger partial charge is 0.362 e. The average molecular weight is 362 g/mol. The summed E-state index contributed by atoms with van der Waals surface area (Å²) in [4.78, 5) is 29.9. The summed E-state index contributed by atoms with van der Waals surface area (Å²) >= 11 is 0. The fourth-order valence-corrected chi connectivity index (χ4v) is 3.20. The summed E-state index contributed by atoms with van der Waals surface area (Å²) in [5.41, 5.74) is 0.918. The lowest BCUT2D eigenvalue weighted by atomic mass is 10.0. The lowest BCUT2D eigenvalue weighted by molar-refractivity contribution is -0.131. The van der Waals surface area contributed by atoms with Crippen molar-refractivity contribution in [3.8, 4) is 0 Å². The second-order valence-electron chi connectivity index (χ2n) is 6.57. The van der Waals surface area contributed by atoms with Crippen LogP contribution < -0.4 is 10.6 Å². The number of hydrogen-bond donors (Lipinski definition) is 2. The van der Waals surface area contributed by atoms with Gasteiger partial charge in [0.15, 0.2) is 0 Å². The van der Waals surface area contributed by atoms with E-state index in [4.69, 9.17) is 4.74 Å². The molecule has 0 radical (unpaired) electrons. The van der Waals surface area contributed by atoms with Crippen LogP contribution in [-0.2, 0) is 20.9 Å². The number of nitrogens with one attached hydrogen (secondary N) is 2. The monoisotopic (exact) mass is 362 g/mol. The molecule has 1 aliphatic heterocycles. The van der Waals surface area contributed by atoms with E-state index in [9.17, 15) is 9.59 Å². The molecule has 1 aromatic rings. The fourth-order valence-electron chi connectivity index (χ4n) is 3.20. The van der Waals surface area contributed by atoms with Gasteiger partial charge in [-0.05, 0) is 37.4 Å². The zero-order chi connectivity index (χ0) is 18.6. The van der Waals surface area contributed by atoms with Crippen LogP contribution in [-0.4, -0.2) is 60.6 Å². The van der Waals surface area contributed by atoms with Crippen molar-refractivity contribution in [1.82, 2.24) is 20.5 Å². The van der Waals surface area contributed by atoms with Gasteiger partial charge in [0.1, 0.15) is 13.2 Å². The van der Waals surface area contributed by atoms with Crippen LogP contribution >= 0.6 is 0 Å². The second kappa shape index (κ2) is 11.6.